The van der Waals surface area contributed by atoms with Crippen molar-refractivity contribution in [3.05, 3.63) is 89.2 Å². The number of benzene rings is 3. The summed E-state index contributed by atoms with van der Waals surface area (Å²) in [6.07, 6.45) is 1.54. The average molecular weight is 382 g/mol. The summed E-state index contributed by atoms with van der Waals surface area (Å²) in [5.74, 6) is 0.609. The van der Waals surface area contributed by atoms with E-state index in [4.69, 9.17) is 0 Å². The molecule has 0 atom stereocenters. The van der Waals surface area contributed by atoms with E-state index in [0.29, 0.717) is 5.56 Å². The minimum atomic E-state index is -0.126. The first-order valence-electron chi connectivity index (χ1n) is 9.47. The fourth-order valence-electron chi connectivity index (χ4n) is 3.51. The summed E-state index contributed by atoms with van der Waals surface area (Å²) < 4.78 is 0. The minimum Gasteiger partial charge on any atom is -0.340 e. The fourth-order valence-corrected chi connectivity index (χ4v) is 3.51. The van der Waals surface area contributed by atoms with Crippen molar-refractivity contribution in [3.63, 3.8) is 0 Å². The monoisotopic (exact) mass is 382 g/mol. The highest BCUT2D eigenvalue weighted by atomic mass is 16.1. The summed E-state index contributed by atoms with van der Waals surface area (Å²) in [6.45, 7) is 6.07. The van der Waals surface area contributed by atoms with Crippen LogP contribution in [0.5, 0.6) is 0 Å². The molecule has 0 bridgehead atoms. The lowest BCUT2D eigenvalue weighted by Crippen LogP contribution is -2.14. The second-order valence-corrected chi connectivity index (χ2v) is 7.17. The van der Waals surface area contributed by atoms with E-state index in [9.17, 15) is 4.79 Å². The van der Waals surface area contributed by atoms with Gasteiger partial charge in [-0.1, -0.05) is 29.8 Å². The molecule has 1 heterocycles. The molecule has 0 aliphatic carbocycles. The molecular formula is C24H22N4O. The number of hydrogen-bond donors (Lipinski definition) is 2. The standard InChI is InChI=1S/C24H22N4O/c1-15-12-16(2)22(17(3)13-15)28-24(29)18-8-10-19(11-9-18)27-23-20-6-4-5-7-21(20)25-14-26-23/h4-14H,1-3H3,(H,28,29)(H,25,26,27). The Morgan fingerprint density at radius 2 is 1.55 bits per heavy atom. The molecule has 144 valence electrons. The molecule has 0 saturated heterocycles. The lowest BCUT2D eigenvalue weighted by Gasteiger charge is -2.13. The molecule has 2 N–H and O–H groups in total. The third kappa shape index (κ3) is 3.94. The molecule has 4 rings (SSSR count). The van der Waals surface area contributed by atoms with Gasteiger partial charge in [0, 0.05) is 22.3 Å². The van der Waals surface area contributed by atoms with Crippen LogP contribution >= 0.6 is 0 Å². The zero-order chi connectivity index (χ0) is 20.4. The molecular weight excluding hydrogens is 360 g/mol. The number of anilines is 3. The van der Waals surface area contributed by atoms with Crippen LogP contribution in [0.25, 0.3) is 10.9 Å². The first kappa shape index (κ1) is 18.6. The normalized spacial score (nSPS) is 10.7. The third-order valence-electron chi connectivity index (χ3n) is 4.87. The molecule has 0 fully saturated rings. The summed E-state index contributed by atoms with van der Waals surface area (Å²) in [6, 6.07) is 19.3. The van der Waals surface area contributed by atoms with Gasteiger partial charge in [0.25, 0.3) is 5.91 Å². The lowest BCUT2D eigenvalue weighted by atomic mass is 10.0. The van der Waals surface area contributed by atoms with Gasteiger partial charge < -0.3 is 10.6 Å². The van der Waals surface area contributed by atoms with Gasteiger partial charge in [-0.3, -0.25) is 4.79 Å². The van der Waals surface area contributed by atoms with Gasteiger partial charge in [0.15, 0.2) is 0 Å². The maximum Gasteiger partial charge on any atom is 0.255 e. The van der Waals surface area contributed by atoms with Crippen LogP contribution in [0.1, 0.15) is 27.0 Å². The molecule has 0 saturated carbocycles. The second-order valence-electron chi connectivity index (χ2n) is 7.17. The van der Waals surface area contributed by atoms with Crippen LogP contribution < -0.4 is 10.6 Å². The van der Waals surface area contributed by atoms with Crippen molar-refractivity contribution >= 4 is 34.0 Å². The molecule has 0 aliphatic rings. The van der Waals surface area contributed by atoms with E-state index >= 15 is 0 Å². The molecule has 1 aromatic heterocycles. The fraction of sp³-hybridized carbons (Fsp3) is 0.125. The van der Waals surface area contributed by atoms with Crippen molar-refractivity contribution < 1.29 is 4.79 Å². The van der Waals surface area contributed by atoms with E-state index in [2.05, 4.69) is 39.7 Å². The molecule has 3 aromatic carbocycles. The summed E-state index contributed by atoms with van der Waals surface area (Å²) >= 11 is 0. The molecule has 4 aromatic rings. The van der Waals surface area contributed by atoms with Crippen LogP contribution in [0.15, 0.2) is 67.0 Å². The van der Waals surface area contributed by atoms with Gasteiger partial charge in [0.1, 0.15) is 12.1 Å². The molecule has 0 aliphatic heterocycles. The number of hydrogen-bond acceptors (Lipinski definition) is 4. The first-order chi connectivity index (χ1) is 14.0. The molecule has 0 radical (unpaired) electrons. The molecule has 0 spiro atoms. The van der Waals surface area contributed by atoms with Crippen LogP contribution in [0, 0.1) is 20.8 Å². The summed E-state index contributed by atoms with van der Waals surface area (Å²) in [4.78, 5) is 21.3. The number of para-hydroxylation sites is 1. The summed E-state index contributed by atoms with van der Waals surface area (Å²) in [5.41, 5.74) is 6.51. The average Bonchev–Trinajstić information content (AvgIpc) is 2.71. The molecule has 5 nitrogen and oxygen atoms in total. The number of aromatic nitrogens is 2. The van der Waals surface area contributed by atoms with Crippen molar-refractivity contribution in [1.29, 1.82) is 0 Å². The van der Waals surface area contributed by atoms with Gasteiger partial charge in [-0.15, -0.1) is 0 Å². The Labute approximate surface area is 169 Å². The number of carbonyl (C=O) groups is 1. The number of rotatable bonds is 4. The minimum absolute atomic E-state index is 0.126. The van der Waals surface area contributed by atoms with Crippen LogP contribution in [-0.4, -0.2) is 15.9 Å². The van der Waals surface area contributed by atoms with E-state index in [1.54, 1.807) is 18.5 Å². The highest BCUT2D eigenvalue weighted by Gasteiger charge is 2.11. The van der Waals surface area contributed by atoms with Gasteiger partial charge in [0.2, 0.25) is 0 Å². The third-order valence-corrected chi connectivity index (χ3v) is 4.87. The Morgan fingerprint density at radius 1 is 0.862 bits per heavy atom. The Bertz CT molecular complexity index is 1170. The van der Waals surface area contributed by atoms with Crippen molar-refractivity contribution in [2.24, 2.45) is 0 Å². The predicted molar refractivity (Wildman–Crippen MR) is 118 cm³/mol. The second kappa shape index (κ2) is 7.72. The van der Waals surface area contributed by atoms with E-state index in [1.807, 2.05) is 50.2 Å². The molecule has 29 heavy (non-hydrogen) atoms. The maximum absolute atomic E-state index is 12.7. The van der Waals surface area contributed by atoms with Crippen molar-refractivity contribution in [3.8, 4) is 0 Å². The number of fused-ring (bicyclic) bond motifs is 1. The van der Waals surface area contributed by atoms with Gasteiger partial charge in [0.05, 0.1) is 5.52 Å². The van der Waals surface area contributed by atoms with Crippen LogP contribution in [0.4, 0.5) is 17.2 Å². The smallest absolute Gasteiger partial charge is 0.255 e. The van der Waals surface area contributed by atoms with Gasteiger partial charge in [-0.2, -0.15) is 0 Å². The van der Waals surface area contributed by atoms with Crippen LogP contribution in [0.3, 0.4) is 0 Å². The maximum atomic E-state index is 12.7. The number of amides is 1. The Balaban J connectivity index is 1.53. The number of nitrogens with one attached hydrogen (secondary N) is 2. The zero-order valence-corrected chi connectivity index (χ0v) is 16.7. The first-order valence-corrected chi connectivity index (χ1v) is 9.47. The van der Waals surface area contributed by atoms with E-state index in [1.165, 1.54) is 5.56 Å². The van der Waals surface area contributed by atoms with E-state index < -0.39 is 0 Å². The van der Waals surface area contributed by atoms with Gasteiger partial charge in [-0.05, 0) is 68.3 Å². The summed E-state index contributed by atoms with van der Waals surface area (Å²) in [5, 5.41) is 7.29. The van der Waals surface area contributed by atoms with Gasteiger partial charge in [-0.25, -0.2) is 9.97 Å². The Hall–Kier alpha value is -3.73. The highest BCUT2D eigenvalue weighted by Crippen LogP contribution is 2.24. The van der Waals surface area contributed by atoms with Crippen LogP contribution in [-0.2, 0) is 0 Å². The topological polar surface area (TPSA) is 66.9 Å². The van der Waals surface area contributed by atoms with E-state index in [-0.39, 0.29) is 5.91 Å². The Morgan fingerprint density at radius 3 is 2.28 bits per heavy atom. The number of carbonyl (C=O) groups excluding carboxylic acids is 1. The number of nitrogens with zero attached hydrogens (tertiary/aromatic N) is 2. The molecule has 0 unspecified atom stereocenters. The number of aryl methyl sites for hydroxylation is 3. The van der Waals surface area contributed by atoms with Gasteiger partial charge >= 0.3 is 0 Å². The Kier molecular flexibility index (Phi) is 4.96. The summed E-state index contributed by atoms with van der Waals surface area (Å²) in [7, 11) is 0. The van der Waals surface area contributed by atoms with E-state index in [0.717, 1.165) is 39.2 Å². The largest absolute Gasteiger partial charge is 0.340 e. The molecule has 5 heteroatoms. The highest BCUT2D eigenvalue weighted by molar-refractivity contribution is 6.05. The lowest BCUT2D eigenvalue weighted by molar-refractivity contribution is 0.102. The SMILES string of the molecule is Cc1cc(C)c(NC(=O)c2ccc(Nc3ncnc4ccccc34)cc2)c(C)c1. The predicted octanol–water partition coefficient (Wildman–Crippen LogP) is 5.55. The molecule has 1 amide bonds. The van der Waals surface area contributed by atoms with Crippen molar-refractivity contribution in [2.45, 2.75) is 20.8 Å². The van der Waals surface area contributed by atoms with Crippen molar-refractivity contribution in [2.75, 3.05) is 10.6 Å². The zero-order valence-electron chi connectivity index (χ0n) is 16.7. The van der Waals surface area contributed by atoms with Crippen molar-refractivity contribution in [1.82, 2.24) is 9.97 Å². The quantitative estimate of drug-likeness (QED) is 0.485. The van der Waals surface area contributed by atoms with Crippen LogP contribution in [0.2, 0.25) is 0 Å².